The highest BCUT2D eigenvalue weighted by Gasteiger charge is 2.22. The molecule has 98 valence electrons. The number of aromatic nitrogens is 3. The lowest BCUT2D eigenvalue weighted by atomic mass is 9.96. The highest BCUT2D eigenvalue weighted by atomic mass is 35.5. The van der Waals surface area contributed by atoms with Crippen LogP contribution in [0.5, 0.6) is 6.01 Å². The summed E-state index contributed by atoms with van der Waals surface area (Å²) >= 11 is 5.94. The quantitative estimate of drug-likeness (QED) is 0.843. The molecule has 1 aliphatic heterocycles. The van der Waals surface area contributed by atoms with E-state index in [9.17, 15) is 0 Å². The van der Waals surface area contributed by atoms with E-state index in [0.717, 1.165) is 25.9 Å². The maximum atomic E-state index is 5.94. The molecule has 1 saturated heterocycles. The lowest BCUT2D eigenvalue weighted by Gasteiger charge is -2.28. The zero-order valence-electron chi connectivity index (χ0n) is 10.3. The first-order valence-corrected chi connectivity index (χ1v) is 7.02. The van der Waals surface area contributed by atoms with Gasteiger partial charge in [0, 0.05) is 13.1 Å². The number of anilines is 1. The molecule has 1 aliphatic carbocycles. The van der Waals surface area contributed by atoms with Gasteiger partial charge < -0.3 is 9.64 Å². The van der Waals surface area contributed by atoms with Crippen molar-refractivity contribution in [3.8, 4) is 6.01 Å². The van der Waals surface area contributed by atoms with Crippen molar-refractivity contribution < 1.29 is 4.74 Å². The summed E-state index contributed by atoms with van der Waals surface area (Å²) in [5.41, 5.74) is 0. The monoisotopic (exact) mass is 268 g/mol. The molecule has 6 heteroatoms. The van der Waals surface area contributed by atoms with Gasteiger partial charge in [0.05, 0.1) is 0 Å². The van der Waals surface area contributed by atoms with E-state index in [1.54, 1.807) is 0 Å². The molecule has 0 radical (unpaired) electrons. The summed E-state index contributed by atoms with van der Waals surface area (Å²) < 4.78 is 5.69. The smallest absolute Gasteiger partial charge is 0.322 e. The third kappa shape index (κ3) is 2.66. The Hall–Kier alpha value is -1.10. The Balaban J connectivity index is 1.75. The number of halogens is 1. The second-order valence-electron chi connectivity index (χ2n) is 4.91. The van der Waals surface area contributed by atoms with Gasteiger partial charge in [0.2, 0.25) is 11.2 Å². The molecule has 0 bridgehead atoms. The van der Waals surface area contributed by atoms with Crippen LogP contribution in [0.2, 0.25) is 5.28 Å². The molecule has 0 spiro atoms. The zero-order chi connectivity index (χ0) is 12.4. The number of rotatable bonds is 3. The molecule has 3 rings (SSSR count). The first-order valence-electron chi connectivity index (χ1n) is 6.64. The van der Waals surface area contributed by atoms with Crippen LogP contribution in [-0.2, 0) is 0 Å². The summed E-state index contributed by atoms with van der Waals surface area (Å²) in [6.45, 7) is 1.98. The van der Waals surface area contributed by atoms with Crippen molar-refractivity contribution in [2.45, 2.75) is 44.6 Å². The van der Waals surface area contributed by atoms with Gasteiger partial charge in [-0.25, -0.2) is 0 Å². The van der Waals surface area contributed by atoms with Crippen LogP contribution in [0.25, 0.3) is 0 Å². The predicted molar refractivity (Wildman–Crippen MR) is 69.2 cm³/mol. The minimum absolute atomic E-state index is 0.222. The second-order valence-corrected chi connectivity index (χ2v) is 5.24. The maximum Gasteiger partial charge on any atom is 0.322 e. The van der Waals surface area contributed by atoms with Gasteiger partial charge in [0.25, 0.3) is 0 Å². The van der Waals surface area contributed by atoms with Crippen molar-refractivity contribution in [3.05, 3.63) is 5.28 Å². The Morgan fingerprint density at radius 2 is 1.78 bits per heavy atom. The molecule has 5 nitrogen and oxygen atoms in total. The molecule has 1 aromatic rings. The lowest BCUT2D eigenvalue weighted by Crippen LogP contribution is -2.32. The molecular formula is C12H17ClN4O. The molecular weight excluding hydrogens is 252 g/mol. The van der Waals surface area contributed by atoms with Crippen molar-refractivity contribution in [2.75, 3.05) is 18.0 Å². The highest BCUT2D eigenvalue weighted by molar-refractivity contribution is 6.28. The Labute approximate surface area is 112 Å². The number of hydrogen-bond acceptors (Lipinski definition) is 5. The van der Waals surface area contributed by atoms with E-state index in [2.05, 4.69) is 19.9 Å². The lowest BCUT2D eigenvalue weighted by molar-refractivity contribution is 0.108. The van der Waals surface area contributed by atoms with E-state index >= 15 is 0 Å². The van der Waals surface area contributed by atoms with E-state index in [-0.39, 0.29) is 11.4 Å². The van der Waals surface area contributed by atoms with Gasteiger partial charge in [-0.2, -0.15) is 15.0 Å². The van der Waals surface area contributed by atoms with Crippen LogP contribution in [0.3, 0.4) is 0 Å². The summed E-state index contributed by atoms with van der Waals surface area (Å²) in [5.74, 6) is 0.657. The van der Waals surface area contributed by atoms with Gasteiger partial charge in [-0.1, -0.05) is 0 Å². The molecule has 1 saturated carbocycles. The van der Waals surface area contributed by atoms with Crippen LogP contribution in [-0.4, -0.2) is 34.1 Å². The normalized spacial score (nSPS) is 20.6. The molecule has 0 unspecified atom stereocenters. The SMILES string of the molecule is Clc1nc(OC2CCC2)nc(N2CCCCC2)n1. The van der Waals surface area contributed by atoms with E-state index in [1.165, 1.54) is 25.7 Å². The number of hydrogen-bond donors (Lipinski definition) is 0. The van der Waals surface area contributed by atoms with Crippen LogP contribution in [0.4, 0.5) is 5.95 Å². The van der Waals surface area contributed by atoms with Gasteiger partial charge in [0.1, 0.15) is 6.10 Å². The molecule has 18 heavy (non-hydrogen) atoms. The van der Waals surface area contributed by atoms with E-state index in [0.29, 0.717) is 12.0 Å². The fraction of sp³-hybridized carbons (Fsp3) is 0.750. The summed E-state index contributed by atoms with van der Waals surface area (Å²) in [6, 6.07) is 0.375. The first-order chi connectivity index (χ1) is 8.81. The Kier molecular flexibility index (Phi) is 3.50. The summed E-state index contributed by atoms with van der Waals surface area (Å²) in [7, 11) is 0. The second kappa shape index (κ2) is 5.26. The number of ether oxygens (including phenoxy) is 1. The summed E-state index contributed by atoms with van der Waals surface area (Å²) in [6.07, 6.45) is 7.30. The van der Waals surface area contributed by atoms with Crippen LogP contribution < -0.4 is 9.64 Å². The van der Waals surface area contributed by atoms with E-state index in [1.807, 2.05) is 0 Å². The van der Waals surface area contributed by atoms with Gasteiger partial charge in [-0.3, -0.25) is 0 Å². The van der Waals surface area contributed by atoms with Crippen LogP contribution in [0.15, 0.2) is 0 Å². The molecule has 0 aromatic carbocycles. The number of nitrogens with zero attached hydrogens (tertiary/aromatic N) is 4. The van der Waals surface area contributed by atoms with Gasteiger partial charge in [0.15, 0.2) is 0 Å². The maximum absolute atomic E-state index is 5.94. The summed E-state index contributed by atoms with van der Waals surface area (Å²) in [5, 5.41) is 0.222. The van der Waals surface area contributed by atoms with Crippen LogP contribution in [0.1, 0.15) is 38.5 Å². The third-order valence-corrected chi connectivity index (χ3v) is 3.71. The van der Waals surface area contributed by atoms with Gasteiger partial charge in [-0.05, 0) is 50.1 Å². The minimum atomic E-state index is 0.222. The molecule has 2 heterocycles. The standard InChI is InChI=1S/C12H17ClN4O/c13-10-14-11(17-7-2-1-3-8-17)16-12(15-10)18-9-5-4-6-9/h9H,1-8H2. The molecule has 1 aromatic heterocycles. The fourth-order valence-electron chi connectivity index (χ4n) is 2.25. The largest absolute Gasteiger partial charge is 0.460 e. The van der Waals surface area contributed by atoms with Gasteiger partial charge in [-0.15, -0.1) is 0 Å². The average molecular weight is 269 g/mol. The Morgan fingerprint density at radius 1 is 1.00 bits per heavy atom. The molecule has 0 atom stereocenters. The molecule has 2 fully saturated rings. The Bertz CT molecular complexity index is 419. The predicted octanol–water partition coefficient (Wildman–Crippen LogP) is 2.45. The number of piperidine rings is 1. The molecule has 0 N–H and O–H groups in total. The van der Waals surface area contributed by atoms with Crippen molar-refractivity contribution in [1.29, 1.82) is 0 Å². The minimum Gasteiger partial charge on any atom is -0.460 e. The highest BCUT2D eigenvalue weighted by Crippen LogP contribution is 2.25. The fourth-order valence-corrected chi connectivity index (χ4v) is 2.40. The van der Waals surface area contributed by atoms with E-state index in [4.69, 9.17) is 16.3 Å². The average Bonchev–Trinajstić information content (AvgIpc) is 2.34. The van der Waals surface area contributed by atoms with Gasteiger partial charge >= 0.3 is 6.01 Å². The topological polar surface area (TPSA) is 51.1 Å². The summed E-state index contributed by atoms with van der Waals surface area (Å²) in [4.78, 5) is 14.8. The van der Waals surface area contributed by atoms with Crippen molar-refractivity contribution in [3.63, 3.8) is 0 Å². The van der Waals surface area contributed by atoms with Crippen LogP contribution >= 0.6 is 11.6 Å². The third-order valence-electron chi connectivity index (χ3n) is 3.54. The van der Waals surface area contributed by atoms with Crippen molar-refractivity contribution in [1.82, 2.24) is 15.0 Å². The van der Waals surface area contributed by atoms with Crippen molar-refractivity contribution in [2.24, 2.45) is 0 Å². The van der Waals surface area contributed by atoms with Crippen LogP contribution in [0, 0.1) is 0 Å². The van der Waals surface area contributed by atoms with E-state index < -0.39 is 0 Å². The molecule has 2 aliphatic rings. The Morgan fingerprint density at radius 3 is 2.44 bits per heavy atom. The van der Waals surface area contributed by atoms with Crippen molar-refractivity contribution >= 4 is 17.5 Å². The first kappa shape index (κ1) is 12.0. The molecule has 0 amide bonds. The zero-order valence-corrected chi connectivity index (χ0v) is 11.1.